The Labute approximate surface area is 105 Å². The first-order chi connectivity index (χ1) is 7.97. The Morgan fingerprint density at radius 2 is 1.65 bits per heavy atom. The second kappa shape index (κ2) is 5.25. The summed E-state index contributed by atoms with van der Waals surface area (Å²) in [6.07, 6.45) is 4.87. The fourth-order valence-corrected chi connectivity index (χ4v) is 3.29. The molecule has 0 spiro atoms. The van der Waals surface area contributed by atoms with Crippen molar-refractivity contribution in [3.05, 3.63) is 0 Å². The van der Waals surface area contributed by atoms with E-state index in [1.165, 1.54) is 12.8 Å². The molecule has 17 heavy (non-hydrogen) atoms. The number of morpholine rings is 1. The quantitative estimate of drug-likeness (QED) is 0.803. The molecule has 2 aliphatic rings. The summed E-state index contributed by atoms with van der Waals surface area (Å²) in [7, 11) is 0. The summed E-state index contributed by atoms with van der Waals surface area (Å²) in [6.45, 7) is 9.28. The zero-order chi connectivity index (χ0) is 12.5. The topological polar surface area (TPSA) is 32.7 Å². The fraction of sp³-hybridized carbons (Fsp3) is 1.00. The molecule has 1 aliphatic heterocycles. The highest BCUT2D eigenvalue weighted by Crippen LogP contribution is 2.32. The Kier molecular flexibility index (Phi) is 4.11. The summed E-state index contributed by atoms with van der Waals surface area (Å²) in [5.41, 5.74) is -0.441. The van der Waals surface area contributed by atoms with E-state index in [0.717, 1.165) is 38.4 Å². The van der Waals surface area contributed by atoms with Crippen LogP contribution in [0.1, 0.15) is 46.5 Å². The predicted octanol–water partition coefficient (Wildman–Crippen LogP) is 2.04. The molecule has 0 aromatic rings. The molecule has 3 heteroatoms. The summed E-state index contributed by atoms with van der Waals surface area (Å²) in [5.74, 6) is 0.790. The number of nitrogens with zero attached hydrogens (tertiary/aromatic N) is 1. The smallest absolute Gasteiger partial charge is 0.0774 e. The molecule has 2 atom stereocenters. The van der Waals surface area contributed by atoms with E-state index in [4.69, 9.17) is 4.74 Å². The van der Waals surface area contributed by atoms with Gasteiger partial charge in [-0.05, 0) is 45.4 Å². The predicted molar refractivity (Wildman–Crippen MR) is 69.0 cm³/mol. The Bertz CT molecular complexity index is 239. The molecule has 1 aliphatic carbocycles. The van der Waals surface area contributed by atoms with E-state index in [9.17, 15) is 5.11 Å². The first kappa shape index (κ1) is 13.3. The van der Waals surface area contributed by atoms with E-state index in [2.05, 4.69) is 25.7 Å². The van der Waals surface area contributed by atoms with E-state index in [1.807, 2.05) is 0 Å². The van der Waals surface area contributed by atoms with Crippen LogP contribution in [0.5, 0.6) is 0 Å². The van der Waals surface area contributed by atoms with Gasteiger partial charge in [-0.3, -0.25) is 4.90 Å². The van der Waals surface area contributed by atoms with Gasteiger partial charge in [0.1, 0.15) is 0 Å². The van der Waals surface area contributed by atoms with Gasteiger partial charge in [0.2, 0.25) is 0 Å². The van der Waals surface area contributed by atoms with Gasteiger partial charge in [-0.1, -0.05) is 6.92 Å². The summed E-state index contributed by atoms with van der Waals surface area (Å²) >= 11 is 0. The molecule has 1 N–H and O–H groups in total. The summed E-state index contributed by atoms with van der Waals surface area (Å²) < 4.78 is 5.73. The zero-order valence-electron chi connectivity index (χ0n) is 11.5. The summed E-state index contributed by atoms with van der Waals surface area (Å²) in [6, 6.07) is 0. The van der Waals surface area contributed by atoms with Crippen LogP contribution in [-0.4, -0.2) is 47.4 Å². The molecule has 0 radical (unpaired) electrons. The lowest BCUT2D eigenvalue weighted by Gasteiger charge is -2.42. The molecule has 0 bridgehead atoms. The Morgan fingerprint density at radius 1 is 1.12 bits per heavy atom. The average molecular weight is 241 g/mol. The maximum Gasteiger partial charge on any atom is 0.0774 e. The van der Waals surface area contributed by atoms with Gasteiger partial charge in [0.05, 0.1) is 17.8 Å². The van der Waals surface area contributed by atoms with Crippen LogP contribution in [0.4, 0.5) is 0 Å². The highest BCUT2D eigenvalue weighted by molar-refractivity contribution is 4.89. The van der Waals surface area contributed by atoms with Gasteiger partial charge in [-0.2, -0.15) is 0 Å². The molecular weight excluding hydrogens is 214 g/mol. The molecular formula is C14H27NO2. The molecule has 0 aromatic heterocycles. The molecule has 3 nitrogen and oxygen atoms in total. The van der Waals surface area contributed by atoms with Crippen LogP contribution in [0, 0.1) is 5.92 Å². The van der Waals surface area contributed by atoms with Crippen LogP contribution < -0.4 is 0 Å². The van der Waals surface area contributed by atoms with Crippen molar-refractivity contribution >= 4 is 0 Å². The maximum atomic E-state index is 10.6. The van der Waals surface area contributed by atoms with E-state index >= 15 is 0 Å². The van der Waals surface area contributed by atoms with Gasteiger partial charge >= 0.3 is 0 Å². The Balaban J connectivity index is 1.87. The van der Waals surface area contributed by atoms with Crippen LogP contribution >= 0.6 is 0 Å². The number of rotatable bonds is 2. The van der Waals surface area contributed by atoms with E-state index in [-0.39, 0.29) is 0 Å². The van der Waals surface area contributed by atoms with Crippen LogP contribution in [0.2, 0.25) is 0 Å². The van der Waals surface area contributed by atoms with Crippen molar-refractivity contribution in [1.82, 2.24) is 4.90 Å². The molecule has 1 saturated heterocycles. The summed E-state index contributed by atoms with van der Waals surface area (Å²) in [5, 5.41) is 10.6. The highest BCUT2D eigenvalue weighted by atomic mass is 16.5. The second-order valence-corrected chi connectivity index (χ2v) is 6.36. The minimum absolute atomic E-state index is 0.296. The minimum atomic E-state index is -0.441. The number of hydrogen-bond donors (Lipinski definition) is 1. The largest absolute Gasteiger partial charge is 0.389 e. The third kappa shape index (κ3) is 3.67. The van der Waals surface area contributed by atoms with Crippen molar-refractivity contribution in [3.63, 3.8) is 0 Å². The lowest BCUT2D eigenvalue weighted by Crippen LogP contribution is -2.52. The number of aliphatic hydroxyl groups is 1. The van der Waals surface area contributed by atoms with Crippen molar-refractivity contribution in [2.24, 2.45) is 5.92 Å². The number of hydrogen-bond acceptors (Lipinski definition) is 3. The standard InChI is InChI=1S/C14H27NO2/c1-11-4-6-14(16,7-5-11)10-15-8-12(2)17-13(3)9-15/h11-13,16H,4-10H2,1-3H3. The fourth-order valence-electron chi connectivity index (χ4n) is 3.29. The molecule has 1 heterocycles. The third-order valence-corrected chi connectivity index (χ3v) is 4.22. The van der Waals surface area contributed by atoms with E-state index in [1.54, 1.807) is 0 Å². The Hall–Kier alpha value is -0.120. The summed E-state index contributed by atoms with van der Waals surface area (Å²) in [4.78, 5) is 2.38. The molecule has 2 fully saturated rings. The van der Waals surface area contributed by atoms with Crippen LogP contribution in [0.25, 0.3) is 0 Å². The average Bonchev–Trinajstić information content (AvgIpc) is 2.21. The maximum absolute atomic E-state index is 10.6. The number of β-amino-alcohol motifs (C(OH)–C–C–N with tert-alkyl or cyclic N) is 1. The minimum Gasteiger partial charge on any atom is -0.389 e. The first-order valence-corrected chi connectivity index (χ1v) is 7.07. The third-order valence-electron chi connectivity index (χ3n) is 4.22. The SMILES string of the molecule is CC1CCC(O)(CN2CC(C)OC(C)C2)CC1. The lowest BCUT2D eigenvalue weighted by atomic mass is 9.79. The Morgan fingerprint density at radius 3 is 2.18 bits per heavy atom. The monoisotopic (exact) mass is 241 g/mol. The normalized spacial score (nSPS) is 44.8. The number of ether oxygens (including phenoxy) is 1. The lowest BCUT2D eigenvalue weighted by molar-refractivity contribution is -0.101. The van der Waals surface area contributed by atoms with Crippen molar-refractivity contribution in [1.29, 1.82) is 0 Å². The van der Waals surface area contributed by atoms with Gasteiger partial charge < -0.3 is 9.84 Å². The van der Waals surface area contributed by atoms with Crippen molar-refractivity contribution in [2.45, 2.75) is 64.3 Å². The van der Waals surface area contributed by atoms with Gasteiger partial charge in [0, 0.05) is 19.6 Å². The van der Waals surface area contributed by atoms with E-state index < -0.39 is 5.60 Å². The second-order valence-electron chi connectivity index (χ2n) is 6.36. The van der Waals surface area contributed by atoms with Crippen molar-refractivity contribution in [2.75, 3.05) is 19.6 Å². The highest BCUT2D eigenvalue weighted by Gasteiger charge is 2.35. The molecule has 2 unspecified atom stereocenters. The molecule has 100 valence electrons. The van der Waals surface area contributed by atoms with Gasteiger partial charge in [-0.15, -0.1) is 0 Å². The molecule has 2 rings (SSSR count). The molecule has 0 amide bonds. The van der Waals surface area contributed by atoms with Crippen LogP contribution in [-0.2, 0) is 4.74 Å². The molecule has 1 saturated carbocycles. The van der Waals surface area contributed by atoms with Gasteiger partial charge in [0.15, 0.2) is 0 Å². The van der Waals surface area contributed by atoms with Crippen molar-refractivity contribution in [3.8, 4) is 0 Å². The van der Waals surface area contributed by atoms with Crippen LogP contribution in [0.3, 0.4) is 0 Å². The van der Waals surface area contributed by atoms with Gasteiger partial charge in [-0.25, -0.2) is 0 Å². The molecule has 0 aromatic carbocycles. The zero-order valence-corrected chi connectivity index (χ0v) is 11.5. The van der Waals surface area contributed by atoms with Crippen molar-refractivity contribution < 1.29 is 9.84 Å². The first-order valence-electron chi connectivity index (χ1n) is 7.07. The van der Waals surface area contributed by atoms with E-state index in [0.29, 0.717) is 12.2 Å². The van der Waals surface area contributed by atoms with Crippen LogP contribution in [0.15, 0.2) is 0 Å². The van der Waals surface area contributed by atoms with Gasteiger partial charge in [0.25, 0.3) is 0 Å².